The Hall–Kier alpha value is -1.74. The lowest BCUT2D eigenvalue weighted by Gasteiger charge is -2.05. The van der Waals surface area contributed by atoms with Crippen LogP contribution in [0.5, 0.6) is 0 Å². The van der Waals surface area contributed by atoms with Gasteiger partial charge in [-0.3, -0.25) is 0 Å². The van der Waals surface area contributed by atoms with Crippen LogP contribution < -0.4 is 0 Å². The van der Waals surface area contributed by atoms with Crippen LogP contribution in [-0.4, -0.2) is 0 Å². The van der Waals surface area contributed by atoms with E-state index in [4.69, 9.17) is 0 Å². The summed E-state index contributed by atoms with van der Waals surface area (Å²) in [5.41, 5.74) is 3.38. The highest BCUT2D eigenvalue weighted by atomic mass is 14.1. The molecule has 0 aliphatic heterocycles. The third-order valence-electron chi connectivity index (χ3n) is 2.37. The molecule has 0 nitrogen and oxygen atoms in total. The fourth-order valence-corrected chi connectivity index (χ4v) is 1.38. The second-order valence-corrected chi connectivity index (χ2v) is 3.43. The zero-order valence-corrected chi connectivity index (χ0v) is 11.2. The topological polar surface area (TPSA) is 0 Å². The fraction of sp³-hybridized carbons (Fsp3) is 0.294. The second kappa shape index (κ2) is 9.48. The largest absolute Gasteiger partial charge is 0.0991 e. The summed E-state index contributed by atoms with van der Waals surface area (Å²) in [6.45, 7) is 13.7. The van der Waals surface area contributed by atoms with Crippen LogP contribution in [0, 0.1) is 11.8 Å². The first kappa shape index (κ1) is 15.3. The lowest BCUT2D eigenvalue weighted by Crippen LogP contribution is -1.88. The monoisotopic (exact) mass is 226 g/mol. The van der Waals surface area contributed by atoms with E-state index in [-0.39, 0.29) is 0 Å². The molecule has 0 heteroatoms. The van der Waals surface area contributed by atoms with Crippen molar-refractivity contribution in [3.8, 4) is 11.8 Å². The van der Waals surface area contributed by atoms with Crippen molar-refractivity contribution in [3.63, 3.8) is 0 Å². The van der Waals surface area contributed by atoms with E-state index in [0.717, 1.165) is 18.4 Å². The fourth-order valence-electron chi connectivity index (χ4n) is 1.38. The van der Waals surface area contributed by atoms with Crippen LogP contribution in [-0.2, 0) is 0 Å². The van der Waals surface area contributed by atoms with Crippen LogP contribution in [0.2, 0.25) is 0 Å². The SMILES string of the molecule is C=C/C=C\C1=C(/C)C(=C)C#C/C=C\CC1.CC. The van der Waals surface area contributed by atoms with Crippen molar-refractivity contribution in [1.82, 2.24) is 0 Å². The van der Waals surface area contributed by atoms with Crippen LogP contribution >= 0.6 is 0 Å². The number of allylic oxidation sites excluding steroid dienone is 8. The second-order valence-electron chi connectivity index (χ2n) is 3.43. The van der Waals surface area contributed by atoms with Crippen molar-refractivity contribution in [1.29, 1.82) is 0 Å². The molecule has 0 heterocycles. The van der Waals surface area contributed by atoms with Gasteiger partial charge >= 0.3 is 0 Å². The Bertz CT molecular complexity index is 403. The Balaban J connectivity index is 0.00000121. The molecule has 0 spiro atoms. The van der Waals surface area contributed by atoms with E-state index < -0.39 is 0 Å². The number of hydrogen-bond acceptors (Lipinski definition) is 0. The summed E-state index contributed by atoms with van der Waals surface area (Å²) >= 11 is 0. The zero-order valence-electron chi connectivity index (χ0n) is 11.2. The summed E-state index contributed by atoms with van der Waals surface area (Å²) in [7, 11) is 0. The Morgan fingerprint density at radius 3 is 2.71 bits per heavy atom. The highest BCUT2D eigenvalue weighted by molar-refractivity contribution is 5.49. The maximum absolute atomic E-state index is 3.97. The van der Waals surface area contributed by atoms with Gasteiger partial charge in [0, 0.05) is 5.57 Å². The van der Waals surface area contributed by atoms with Gasteiger partial charge in [0.15, 0.2) is 0 Å². The lowest BCUT2D eigenvalue weighted by atomic mass is 9.99. The van der Waals surface area contributed by atoms with Gasteiger partial charge in [-0.2, -0.15) is 0 Å². The summed E-state index contributed by atoms with van der Waals surface area (Å²) in [5, 5.41) is 0. The summed E-state index contributed by atoms with van der Waals surface area (Å²) < 4.78 is 0. The minimum Gasteiger partial charge on any atom is -0.0991 e. The molecule has 1 aliphatic rings. The Labute approximate surface area is 106 Å². The van der Waals surface area contributed by atoms with Crippen molar-refractivity contribution >= 4 is 0 Å². The maximum Gasteiger partial charge on any atom is 0.0208 e. The van der Waals surface area contributed by atoms with E-state index in [9.17, 15) is 0 Å². The predicted octanol–water partition coefficient (Wildman–Crippen LogP) is 4.98. The molecule has 0 atom stereocenters. The Morgan fingerprint density at radius 1 is 1.35 bits per heavy atom. The minimum atomic E-state index is 0.908. The molecule has 0 saturated heterocycles. The molecule has 1 rings (SSSR count). The van der Waals surface area contributed by atoms with Gasteiger partial charge in [-0.05, 0) is 37.0 Å². The van der Waals surface area contributed by atoms with Crippen LogP contribution in [0.15, 0.2) is 60.3 Å². The standard InChI is InChI=1S/C15H16.C2H6/c1-4-5-11-15-12-9-7-6-8-10-13(2)14(15)3;1-2/h4-7,11H,1-2,9,12H2,3H3;1-2H3/b7-6-,11-5-,15-14-;. The molecule has 0 saturated carbocycles. The predicted molar refractivity (Wildman–Crippen MR) is 78.7 cm³/mol. The van der Waals surface area contributed by atoms with Gasteiger partial charge < -0.3 is 0 Å². The van der Waals surface area contributed by atoms with Crippen molar-refractivity contribution in [2.45, 2.75) is 33.6 Å². The Morgan fingerprint density at radius 2 is 2.06 bits per heavy atom. The third kappa shape index (κ3) is 5.78. The van der Waals surface area contributed by atoms with Crippen LogP contribution in [0.4, 0.5) is 0 Å². The smallest absolute Gasteiger partial charge is 0.0208 e. The molecule has 17 heavy (non-hydrogen) atoms. The molecule has 0 aromatic heterocycles. The molecule has 0 amide bonds. The van der Waals surface area contributed by atoms with Crippen molar-refractivity contribution in [2.75, 3.05) is 0 Å². The van der Waals surface area contributed by atoms with Gasteiger partial charge in [0.05, 0.1) is 0 Å². The van der Waals surface area contributed by atoms with E-state index in [0.29, 0.717) is 0 Å². The van der Waals surface area contributed by atoms with Crippen LogP contribution in [0.25, 0.3) is 0 Å². The zero-order chi connectivity index (χ0) is 13.1. The quantitative estimate of drug-likeness (QED) is 0.460. The van der Waals surface area contributed by atoms with E-state index in [2.05, 4.69) is 44.1 Å². The number of hydrogen-bond donors (Lipinski definition) is 0. The highest BCUT2D eigenvalue weighted by Crippen LogP contribution is 2.19. The van der Waals surface area contributed by atoms with Gasteiger partial charge in [-0.1, -0.05) is 63.2 Å². The van der Waals surface area contributed by atoms with E-state index >= 15 is 0 Å². The van der Waals surface area contributed by atoms with Crippen LogP contribution in [0.1, 0.15) is 33.6 Å². The maximum atomic E-state index is 3.97. The van der Waals surface area contributed by atoms with Crippen LogP contribution in [0.3, 0.4) is 0 Å². The van der Waals surface area contributed by atoms with Crippen molar-refractivity contribution in [3.05, 3.63) is 60.3 Å². The molecule has 90 valence electrons. The summed E-state index contributed by atoms with van der Waals surface area (Å²) in [4.78, 5) is 0. The molecule has 0 unspecified atom stereocenters. The molecular formula is C17H22. The summed E-state index contributed by atoms with van der Waals surface area (Å²) in [6, 6.07) is 0. The Kier molecular flexibility index (Phi) is 8.51. The molecule has 1 aliphatic carbocycles. The molecule has 0 radical (unpaired) electrons. The third-order valence-corrected chi connectivity index (χ3v) is 2.37. The average molecular weight is 226 g/mol. The first-order valence-electron chi connectivity index (χ1n) is 6.10. The molecular weight excluding hydrogens is 204 g/mol. The van der Waals surface area contributed by atoms with Gasteiger partial charge in [0.1, 0.15) is 0 Å². The molecule has 0 aromatic rings. The van der Waals surface area contributed by atoms with E-state index in [1.807, 2.05) is 26.0 Å². The molecule has 0 aromatic carbocycles. The normalized spacial score (nSPS) is 21.2. The molecule has 0 fully saturated rings. The van der Waals surface area contributed by atoms with Gasteiger partial charge in [0.2, 0.25) is 0 Å². The highest BCUT2D eigenvalue weighted by Gasteiger charge is 2.01. The van der Waals surface area contributed by atoms with E-state index in [1.165, 1.54) is 11.1 Å². The van der Waals surface area contributed by atoms with Crippen molar-refractivity contribution < 1.29 is 0 Å². The first-order chi connectivity index (χ1) is 8.25. The molecule has 0 bridgehead atoms. The minimum absolute atomic E-state index is 0.908. The van der Waals surface area contributed by atoms with E-state index in [1.54, 1.807) is 6.08 Å². The number of rotatable bonds is 2. The summed E-state index contributed by atoms with van der Waals surface area (Å²) in [6.07, 6.45) is 11.9. The molecule has 0 N–H and O–H groups in total. The lowest BCUT2D eigenvalue weighted by molar-refractivity contribution is 0.992. The van der Waals surface area contributed by atoms with Gasteiger partial charge in [-0.15, -0.1) is 0 Å². The average Bonchev–Trinajstić information content (AvgIpc) is 2.44. The summed E-state index contributed by atoms with van der Waals surface area (Å²) in [5.74, 6) is 6.01. The van der Waals surface area contributed by atoms with Crippen molar-refractivity contribution in [2.24, 2.45) is 0 Å². The first-order valence-corrected chi connectivity index (χ1v) is 6.10. The van der Waals surface area contributed by atoms with Gasteiger partial charge in [-0.25, -0.2) is 0 Å². The van der Waals surface area contributed by atoms with Gasteiger partial charge in [0.25, 0.3) is 0 Å².